The fourth-order valence-electron chi connectivity index (χ4n) is 4.71. The maximum absolute atomic E-state index is 13.0. The van der Waals surface area contributed by atoms with Gasteiger partial charge in [-0.1, -0.05) is 18.9 Å². The minimum Gasteiger partial charge on any atom is -0.383 e. The molecule has 0 spiro atoms. The number of pyridine rings is 1. The Kier molecular flexibility index (Phi) is 8.36. The quantitative estimate of drug-likeness (QED) is 0.271. The monoisotopic (exact) mass is 489 g/mol. The number of hydrogen-bond donors (Lipinski definition) is 3. The Hall–Kier alpha value is -3.68. The Bertz CT molecular complexity index is 1230. The number of benzene rings is 1. The highest BCUT2D eigenvalue weighted by molar-refractivity contribution is 5.95. The predicted molar refractivity (Wildman–Crippen MR) is 145 cm³/mol. The topological polar surface area (TPSA) is 103 Å². The minimum atomic E-state index is -0.487. The molecule has 0 radical (unpaired) electrons. The van der Waals surface area contributed by atoms with E-state index in [0.717, 1.165) is 62.1 Å². The molecule has 36 heavy (non-hydrogen) atoms. The summed E-state index contributed by atoms with van der Waals surface area (Å²) in [5.74, 6) is 0.715. The summed E-state index contributed by atoms with van der Waals surface area (Å²) in [6.07, 6.45) is 8.35. The van der Waals surface area contributed by atoms with Gasteiger partial charge in [0, 0.05) is 55.0 Å². The van der Waals surface area contributed by atoms with Crippen LogP contribution in [0.5, 0.6) is 0 Å². The van der Waals surface area contributed by atoms with Gasteiger partial charge in [0.1, 0.15) is 11.4 Å². The van der Waals surface area contributed by atoms with Crippen LogP contribution in [0.3, 0.4) is 0 Å². The summed E-state index contributed by atoms with van der Waals surface area (Å²) in [5.41, 5.74) is 2.19. The van der Waals surface area contributed by atoms with E-state index in [1.807, 2.05) is 29.2 Å². The molecule has 0 saturated carbocycles. The van der Waals surface area contributed by atoms with Crippen molar-refractivity contribution in [3.63, 3.8) is 0 Å². The first-order valence-corrected chi connectivity index (χ1v) is 12.8. The van der Waals surface area contributed by atoms with E-state index in [2.05, 4.69) is 34.8 Å². The molecule has 1 aromatic heterocycles. The standard InChI is InChI=1S/C28H35N5O3/c1-19(2)31-23-8-5-7-21(18-23)28(36)33-16-11-20(12-17-33)6-3-4-13-30-24-25(27(35)26(24)34)32-22-9-14-29-15-10-22/h5,7-10,14-15,18-20,30-31H,3-4,6,11-13,16-17H2,1-2H3,(H,29,32). The Morgan fingerprint density at radius 1 is 1.00 bits per heavy atom. The number of aromatic nitrogens is 1. The number of nitrogens with one attached hydrogen (secondary N) is 3. The molecule has 1 amide bonds. The first-order valence-electron chi connectivity index (χ1n) is 12.8. The van der Waals surface area contributed by atoms with E-state index in [4.69, 9.17) is 0 Å². The lowest BCUT2D eigenvalue weighted by Crippen LogP contribution is -2.38. The van der Waals surface area contributed by atoms with Crippen LogP contribution in [0.2, 0.25) is 0 Å². The molecule has 0 unspecified atom stereocenters. The number of rotatable bonds is 11. The van der Waals surface area contributed by atoms with Crippen molar-refractivity contribution in [1.29, 1.82) is 0 Å². The number of amides is 1. The van der Waals surface area contributed by atoms with Crippen LogP contribution in [0.25, 0.3) is 0 Å². The zero-order chi connectivity index (χ0) is 25.5. The lowest BCUT2D eigenvalue weighted by atomic mass is 9.91. The first kappa shape index (κ1) is 25.4. The smallest absolute Gasteiger partial charge is 0.253 e. The van der Waals surface area contributed by atoms with Gasteiger partial charge in [-0.15, -0.1) is 0 Å². The molecule has 0 aliphatic carbocycles. The number of nitrogens with zero attached hydrogens (tertiary/aromatic N) is 2. The van der Waals surface area contributed by atoms with Gasteiger partial charge in [0.05, 0.1) is 0 Å². The van der Waals surface area contributed by atoms with Crippen LogP contribution in [-0.2, 0) is 0 Å². The molecule has 1 fully saturated rings. The Morgan fingerprint density at radius 2 is 1.72 bits per heavy atom. The molecule has 1 aliphatic rings. The fraction of sp³-hybridized carbons (Fsp3) is 0.429. The van der Waals surface area contributed by atoms with Gasteiger partial charge in [-0.3, -0.25) is 19.4 Å². The minimum absolute atomic E-state index is 0.106. The van der Waals surface area contributed by atoms with Crippen LogP contribution in [0.4, 0.5) is 22.7 Å². The number of unbranched alkanes of at least 4 members (excludes halogenated alkanes) is 1. The molecule has 0 bridgehead atoms. The largest absolute Gasteiger partial charge is 0.383 e. The first-order chi connectivity index (χ1) is 17.4. The third kappa shape index (κ3) is 6.30. The molecule has 1 saturated heterocycles. The number of likely N-dealkylation sites (tertiary alicyclic amines) is 1. The average molecular weight is 490 g/mol. The zero-order valence-corrected chi connectivity index (χ0v) is 21.0. The third-order valence-corrected chi connectivity index (χ3v) is 6.67. The summed E-state index contributed by atoms with van der Waals surface area (Å²) < 4.78 is 0. The van der Waals surface area contributed by atoms with Crippen molar-refractivity contribution in [2.24, 2.45) is 5.92 Å². The number of hydrogen-bond acceptors (Lipinski definition) is 7. The summed E-state index contributed by atoms with van der Waals surface area (Å²) in [5, 5.41) is 9.50. The molecule has 8 nitrogen and oxygen atoms in total. The predicted octanol–water partition coefficient (Wildman–Crippen LogP) is 4.38. The second kappa shape index (κ2) is 11.8. The Morgan fingerprint density at radius 3 is 2.44 bits per heavy atom. The molecule has 2 heterocycles. The van der Waals surface area contributed by atoms with Gasteiger partial charge in [-0.25, -0.2) is 0 Å². The Balaban J connectivity index is 1.16. The van der Waals surface area contributed by atoms with Crippen LogP contribution in [0, 0.1) is 5.92 Å². The highest BCUT2D eigenvalue weighted by Gasteiger charge is 2.24. The van der Waals surface area contributed by atoms with Gasteiger partial charge in [-0.2, -0.15) is 0 Å². The van der Waals surface area contributed by atoms with Crippen molar-refractivity contribution in [3.8, 4) is 0 Å². The molecule has 8 heteroatoms. The highest BCUT2D eigenvalue weighted by atomic mass is 16.2. The highest BCUT2D eigenvalue weighted by Crippen LogP contribution is 2.25. The van der Waals surface area contributed by atoms with Crippen molar-refractivity contribution in [2.45, 2.75) is 52.0 Å². The van der Waals surface area contributed by atoms with Crippen molar-refractivity contribution in [3.05, 3.63) is 74.8 Å². The van der Waals surface area contributed by atoms with Gasteiger partial charge in [0.2, 0.25) is 0 Å². The normalized spacial score (nSPS) is 14.2. The van der Waals surface area contributed by atoms with E-state index in [0.29, 0.717) is 29.9 Å². The van der Waals surface area contributed by atoms with Gasteiger partial charge in [-0.05, 0) is 69.4 Å². The summed E-state index contributed by atoms with van der Waals surface area (Å²) in [4.78, 5) is 42.8. The van der Waals surface area contributed by atoms with Crippen molar-refractivity contribution in [2.75, 3.05) is 35.6 Å². The lowest BCUT2D eigenvalue weighted by molar-refractivity contribution is 0.0686. The zero-order valence-electron chi connectivity index (χ0n) is 21.0. The van der Waals surface area contributed by atoms with Gasteiger partial charge in [0.25, 0.3) is 16.8 Å². The van der Waals surface area contributed by atoms with Crippen LogP contribution in [0.1, 0.15) is 56.3 Å². The molecule has 0 atom stereocenters. The molecular weight excluding hydrogens is 454 g/mol. The van der Waals surface area contributed by atoms with Crippen molar-refractivity contribution >= 4 is 28.7 Å². The fourth-order valence-corrected chi connectivity index (χ4v) is 4.71. The molecule has 3 N–H and O–H groups in total. The number of carbonyl (C=O) groups excluding carboxylic acids is 1. The molecular formula is C28H35N5O3. The lowest BCUT2D eigenvalue weighted by Gasteiger charge is -2.32. The van der Waals surface area contributed by atoms with Gasteiger partial charge >= 0.3 is 0 Å². The number of piperidine rings is 1. The summed E-state index contributed by atoms with van der Waals surface area (Å²) >= 11 is 0. The van der Waals surface area contributed by atoms with Crippen LogP contribution < -0.4 is 26.8 Å². The number of carbonyl (C=O) groups is 1. The average Bonchev–Trinajstić information content (AvgIpc) is 2.90. The second-order valence-corrected chi connectivity index (χ2v) is 9.81. The van der Waals surface area contributed by atoms with Crippen LogP contribution >= 0.6 is 0 Å². The second-order valence-electron chi connectivity index (χ2n) is 9.81. The van der Waals surface area contributed by atoms with Crippen molar-refractivity contribution in [1.82, 2.24) is 9.88 Å². The third-order valence-electron chi connectivity index (χ3n) is 6.67. The molecule has 190 valence electrons. The Labute approximate surface area is 211 Å². The summed E-state index contributed by atoms with van der Waals surface area (Å²) in [7, 11) is 0. The van der Waals surface area contributed by atoms with Crippen molar-refractivity contribution < 1.29 is 4.79 Å². The van der Waals surface area contributed by atoms with E-state index in [-0.39, 0.29) is 5.91 Å². The summed E-state index contributed by atoms with van der Waals surface area (Å²) in [6.45, 7) is 6.39. The van der Waals surface area contributed by atoms with Crippen LogP contribution in [-0.4, -0.2) is 41.5 Å². The van der Waals surface area contributed by atoms with E-state index in [1.54, 1.807) is 24.5 Å². The summed E-state index contributed by atoms with van der Waals surface area (Å²) in [6, 6.07) is 11.6. The molecule has 1 aliphatic heterocycles. The van der Waals surface area contributed by atoms with E-state index >= 15 is 0 Å². The van der Waals surface area contributed by atoms with E-state index in [1.165, 1.54) is 0 Å². The van der Waals surface area contributed by atoms with Gasteiger partial charge < -0.3 is 20.9 Å². The SMILES string of the molecule is CC(C)Nc1cccc(C(=O)N2CCC(CCCCNc3c(Nc4ccncc4)c(=O)c3=O)CC2)c1. The maximum atomic E-state index is 13.0. The number of anilines is 4. The molecule has 2 aromatic carbocycles. The molecule has 4 rings (SSSR count). The van der Waals surface area contributed by atoms with E-state index in [9.17, 15) is 14.4 Å². The van der Waals surface area contributed by atoms with Crippen LogP contribution in [0.15, 0.2) is 58.4 Å². The maximum Gasteiger partial charge on any atom is 0.253 e. The van der Waals surface area contributed by atoms with E-state index < -0.39 is 10.9 Å². The van der Waals surface area contributed by atoms with Gasteiger partial charge in [0.15, 0.2) is 0 Å². The molecule has 3 aromatic rings.